The van der Waals surface area contributed by atoms with Crippen LogP contribution in [0.15, 0.2) is 15.7 Å². The second-order valence-electron chi connectivity index (χ2n) is 5.79. The summed E-state index contributed by atoms with van der Waals surface area (Å²) < 4.78 is 5.25. The van der Waals surface area contributed by atoms with E-state index >= 15 is 0 Å². The maximum atomic E-state index is 11.9. The zero-order valence-electron chi connectivity index (χ0n) is 11.3. The van der Waals surface area contributed by atoms with Gasteiger partial charge in [-0.1, -0.05) is 31.0 Å². The molecule has 1 atom stereocenters. The Labute approximate surface area is 111 Å². The molecule has 1 fully saturated rings. The number of amides is 1. The molecule has 1 aliphatic heterocycles. The molecule has 0 aliphatic carbocycles. The zero-order valence-corrected chi connectivity index (χ0v) is 11.3. The number of hydrogen-bond acceptors (Lipinski definition) is 4. The van der Waals surface area contributed by atoms with E-state index in [9.17, 15) is 4.79 Å². The van der Waals surface area contributed by atoms with Crippen LogP contribution in [0.4, 0.5) is 5.88 Å². The van der Waals surface area contributed by atoms with E-state index in [-0.39, 0.29) is 17.2 Å². The van der Waals surface area contributed by atoms with Gasteiger partial charge < -0.3 is 4.52 Å². The smallest absolute Gasteiger partial charge is 0.234 e. The molecule has 1 unspecified atom stereocenters. The third-order valence-electron chi connectivity index (χ3n) is 3.14. The number of carbonyl (C=O) groups excluding carboxylic acids is 1. The molecule has 1 saturated heterocycles. The fraction of sp³-hybridized carbons (Fsp3) is 0.667. The Morgan fingerprint density at radius 1 is 1.63 bits per heavy atom. The molecule has 2 rings (SSSR count). The van der Waals surface area contributed by atoms with Crippen LogP contribution >= 0.6 is 0 Å². The molecule has 1 aliphatic rings. The molecule has 0 radical (unpaired) electrons. The molecular formula is C12H17N5O2. The van der Waals surface area contributed by atoms with E-state index in [4.69, 9.17) is 10.1 Å². The van der Waals surface area contributed by atoms with Crippen molar-refractivity contribution in [3.8, 4) is 0 Å². The van der Waals surface area contributed by atoms with Crippen LogP contribution in [0, 0.1) is 5.92 Å². The van der Waals surface area contributed by atoms with Crippen molar-refractivity contribution in [2.24, 2.45) is 11.0 Å². The summed E-state index contributed by atoms with van der Waals surface area (Å²) in [6, 6.07) is 1.80. The lowest BCUT2D eigenvalue weighted by Gasteiger charge is -2.13. The standard InChI is InChI=1S/C12H17N5O2/c1-12(2,3)9-5-11(19-15-9)17-7-8(4-10(17)18)6-14-16-13/h5,8H,4,6-7H2,1-3H3. The first-order valence-electron chi connectivity index (χ1n) is 6.20. The topological polar surface area (TPSA) is 95.1 Å². The highest BCUT2D eigenvalue weighted by atomic mass is 16.5. The second-order valence-corrected chi connectivity index (χ2v) is 5.79. The highest BCUT2D eigenvalue weighted by Crippen LogP contribution is 2.29. The van der Waals surface area contributed by atoms with Gasteiger partial charge in [-0.05, 0) is 11.4 Å². The van der Waals surface area contributed by atoms with Crippen molar-refractivity contribution < 1.29 is 9.32 Å². The van der Waals surface area contributed by atoms with Crippen LogP contribution in [0.2, 0.25) is 0 Å². The summed E-state index contributed by atoms with van der Waals surface area (Å²) in [6.45, 7) is 6.94. The SMILES string of the molecule is CC(C)(C)c1cc(N2CC(CN=[N+]=[N-])CC2=O)on1. The molecule has 19 heavy (non-hydrogen) atoms. The molecule has 2 heterocycles. The van der Waals surface area contributed by atoms with E-state index in [2.05, 4.69) is 15.2 Å². The fourth-order valence-electron chi connectivity index (χ4n) is 2.02. The molecule has 0 aromatic carbocycles. The highest BCUT2D eigenvalue weighted by molar-refractivity contribution is 5.94. The van der Waals surface area contributed by atoms with Gasteiger partial charge in [-0.3, -0.25) is 9.69 Å². The van der Waals surface area contributed by atoms with Gasteiger partial charge in [0.15, 0.2) is 0 Å². The lowest BCUT2D eigenvalue weighted by Crippen LogP contribution is -2.24. The van der Waals surface area contributed by atoms with E-state index in [1.807, 2.05) is 20.8 Å². The fourth-order valence-corrected chi connectivity index (χ4v) is 2.02. The van der Waals surface area contributed by atoms with Crippen molar-refractivity contribution in [3.63, 3.8) is 0 Å². The number of rotatable bonds is 3. The predicted octanol–water partition coefficient (Wildman–Crippen LogP) is 2.64. The normalized spacial score (nSPS) is 19.6. The number of nitrogens with zero attached hydrogens (tertiary/aromatic N) is 5. The van der Waals surface area contributed by atoms with Crippen molar-refractivity contribution in [2.75, 3.05) is 18.0 Å². The van der Waals surface area contributed by atoms with Crippen LogP contribution < -0.4 is 4.90 Å². The first-order chi connectivity index (χ1) is 8.91. The van der Waals surface area contributed by atoms with Crippen LogP contribution in [-0.4, -0.2) is 24.2 Å². The summed E-state index contributed by atoms with van der Waals surface area (Å²) in [4.78, 5) is 16.2. The second kappa shape index (κ2) is 4.93. The monoisotopic (exact) mass is 263 g/mol. The maximum absolute atomic E-state index is 11.9. The summed E-state index contributed by atoms with van der Waals surface area (Å²) in [5, 5.41) is 7.52. The number of anilines is 1. The molecule has 7 nitrogen and oxygen atoms in total. The van der Waals surface area contributed by atoms with Gasteiger partial charge in [-0.15, -0.1) is 0 Å². The number of aromatic nitrogens is 1. The van der Waals surface area contributed by atoms with Gasteiger partial charge >= 0.3 is 0 Å². The van der Waals surface area contributed by atoms with Crippen molar-refractivity contribution >= 4 is 11.8 Å². The number of azide groups is 1. The predicted molar refractivity (Wildman–Crippen MR) is 69.7 cm³/mol. The molecule has 0 N–H and O–H groups in total. The van der Waals surface area contributed by atoms with Crippen molar-refractivity contribution in [3.05, 3.63) is 22.2 Å². The van der Waals surface area contributed by atoms with Gasteiger partial charge in [0.05, 0.1) is 5.69 Å². The number of hydrogen-bond donors (Lipinski definition) is 0. The van der Waals surface area contributed by atoms with E-state index in [1.165, 1.54) is 0 Å². The van der Waals surface area contributed by atoms with E-state index in [0.717, 1.165) is 5.69 Å². The Bertz CT molecular complexity index is 524. The minimum Gasteiger partial charge on any atom is -0.338 e. The first kappa shape index (κ1) is 13.4. The van der Waals surface area contributed by atoms with Crippen LogP contribution in [0.25, 0.3) is 10.4 Å². The molecule has 0 saturated carbocycles. The van der Waals surface area contributed by atoms with Crippen LogP contribution in [0.5, 0.6) is 0 Å². The number of carbonyl (C=O) groups is 1. The zero-order chi connectivity index (χ0) is 14.0. The maximum Gasteiger partial charge on any atom is 0.234 e. The van der Waals surface area contributed by atoms with Gasteiger partial charge in [0, 0.05) is 35.9 Å². The van der Waals surface area contributed by atoms with E-state index in [0.29, 0.717) is 25.4 Å². The van der Waals surface area contributed by atoms with Gasteiger partial charge in [0.2, 0.25) is 11.8 Å². The van der Waals surface area contributed by atoms with Gasteiger partial charge in [-0.2, -0.15) is 0 Å². The van der Waals surface area contributed by atoms with Crippen LogP contribution in [0.3, 0.4) is 0 Å². The molecule has 1 amide bonds. The molecule has 0 spiro atoms. The Morgan fingerprint density at radius 3 is 2.95 bits per heavy atom. The molecule has 102 valence electrons. The van der Waals surface area contributed by atoms with E-state index in [1.54, 1.807) is 11.0 Å². The Balaban J connectivity index is 2.12. The molecule has 0 bridgehead atoms. The van der Waals surface area contributed by atoms with Crippen LogP contribution in [0.1, 0.15) is 32.9 Å². The average molecular weight is 263 g/mol. The van der Waals surface area contributed by atoms with E-state index < -0.39 is 0 Å². The molecule has 7 heteroatoms. The highest BCUT2D eigenvalue weighted by Gasteiger charge is 2.33. The summed E-state index contributed by atoms with van der Waals surface area (Å²) in [5.74, 6) is 0.500. The van der Waals surface area contributed by atoms with Gasteiger partial charge in [0.25, 0.3) is 0 Å². The average Bonchev–Trinajstić information content (AvgIpc) is 2.91. The summed E-state index contributed by atoms with van der Waals surface area (Å²) in [6.07, 6.45) is 0.380. The lowest BCUT2D eigenvalue weighted by atomic mass is 9.92. The quantitative estimate of drug-likeness (QED) is 0.476. The van der Waals surface area contributed by atoms with Crippen molar-refractivity contribution in [2.45, 2.75) is 32.6 Å². The molecular weight excluding hydrogens is 246 g/mol. The summed E-state index contributed by atoms with van der Waals surface area (Å²) >= 11 is 0. The van der Waals surface area contributed by atoms with Crippen molar-refractivity contribution in [1.82, 2.24) is 5.16 Å². The summed E-state index contributed by atoms with van der Waals surface area (Å²) in [7, 11) is 0. The Hall–Kier alpha value is -2.01. The third-order valence-corrected chi connectivity index (χ3v) is 3.14. The molecule has 1 aromatic heterocycles. The summed E-state index contributed by atoms with van der Waals surface area (Å²) in [5.41, 5.74) is 9.00. The Kier molecular flexibility index (Phi) is 3.48. The minimum atomic E-state index is -0.116. The van der Waals surface area contributed by atoms with Gasteiger partial charge in [-0.25, -0.2) is 0 Å². The lowest BCUT2D eigenvalue weighted by molar-refractivity contribution is -0.117. The third kappa shape index (κ3) is 2.88. The minimum absolute atomic E-state index is 0.0188. The van der Waals surface area contributed by atoms with Crippen molar-refractivity contribution in [1.29, 1.82) is 0 Å². The Morgan fingerprint density at radius 2 is 2.37 bits per heavy atom. The first-order valence-corrected chi connectivity index (χ1v) is 6.20. The largest absolute Gasteiger partial charge is 0.338 e. The van der Waals surface area contributed by atoms with Gasteiger partial charge in [0.1, 0.15) is 0 Å². The molecule has 1 aromatic rings. The van der Waals surface area contributed by atoms with Crippen LogP contribution in [-0.2, 0) is 10.2 Å².